The first-order valence-corrected chi connectivity index (χ1v) is 7.23. The number of alkyl halides is 3. The molecule has 0 unspecified atom stereocenters. The summed E-state index contributed by atoms with van der Waals surface area (Å²) in [6.07, 6.45) is -0.540. The van der Waals surface area contributed by atoms with Crippen molar-refractivity contribution in [1.29, 1.82) is 0 Å². The summed E-state index contributed by atoms with van der Waals surface area (Å²) < 4.78 is 37.9. The Morgan fingerprint density at radius 2 is 2.00 bits per heavy atom. The molecular weight excluding hydrogens is 277 g/mol. The lowest BCUT2D eigenvalue weighted by Crippen LogP contribution is -2.13. The van der Waals surface area contributed by atoms with E-state index in [4.69, 9.17) is 0 Å². The van der Waals surface area contributed by atoms with Crippen LogP contribution in [0.4, 0.5) is 24.9 Å². The van der Waals surface area contributed by atoms with Crippen molar-refractivity contribution in [1.82, 2.24) is 9.97 Å². The number of hydrogen-bond donors (Lipinski definition) is 2. The molecular formula is C11H17F3N4S. The molecule has 0 atom stereocenters. The van der Waals surface area contributed by atoms with Crippen LogP contribution < -0.4 is 10.6 Å². The average Bonchev–Trinajstić information content (AvgIpc) is 2.37. The molecule has 0 spiro atoms. The summed E-state index contributed by atoms with van der Waals surface area (Å²) in [5.74, 6) is 1.19. The zero-order valence-corrected chi connectivity index (χ0v) is 11.7. The van der Waals surface area contributed by atoms with Gasteiger partial charge in [-0.05, 0) is 24.9 Å². The topological polar surface area (TPSA) is 49.8 Å². The second-order valence-corrected chi connectivity index (χ2v) is 4.82. The molecule has 1 heterocycles. The highest BCUT2D eigenvalue weighted by Crippen LogP contribution is 2.29. The minimum Gasteiger partial charge on any atom is -0.370 e. The van der Waals surface area contributed by atoms with E-state index < -0.39 is 11.9 Å². The molecule has 0 saturated heterocycles. The van der Waals surface area contributed by atoms with E-state index in [1.54, 1.807) is 11.8 Å². The maximum absolute atomic E-state index is 12.6. The Morgan fingerprint density at radius 1 is 1.26 bits per heavy atom. The van der Waals surface area contributed by atoms with Gasteiger partial charge < -0.3 is 10.6 Å². The number of halogens is 3. The molecule has 0 aliphatic heterocycles. The summed E-state index contributed by atoms with van der Waals surface area (Å²) in [5.41, 5.74) is -0.946. The molecule has 2 N–H and O–H groups in total. The van der Waals surface area contributed by atoms with Gasteiger partial charge in [-0.25, -0.2) is 4.98 Å². The van der Waals surface area contributed by atoms with Crippen molar-refractivity contribution in [3.05, 3.63) is 11.8 Å². The van der Waals surface area contributed by atoms with Gasteiger partial charge in [0.1, 0.15) is 5.82 Å². The minimum absolute atomic E-state index is 0.0403. The number of aromatic nitrogens is 2. The second kappa shape index (κ2) is 7.42. The van der Waals surface area contributed by atoms with E-state index in [0.717, 1.165) is 24.7 Å². The third kappa shape index (κ3) is 5.54. The van der Waals surface area contributed by atoms with E-state index in [0.29, 0.717) is 6.54 Å². The van der Waals surface area contributed by atoms with Crippen molar-refractivity contribution in [3.8, 4) is 0 Å². The van der Waals surface area contributed by atoms with Gasteiger partial charge in [-0.3, -0.25) is 0 Å². The molecule has 19 heavy (non-hydrogen) atoms. The van der Waals surface area contributed by atoms with E-state index in [1.165, 1.54) is 7.05 Å². The molecule has 0 fully saturated rings. The van der Waals surface area contributed by atoms with Crippen LogP contribution in [0.1, 0.15) is 18.5 Å². The maximum atomic E-state index is 12.6. The summed E-state index contributed by atoms with van der Waals surface area (Å²) in [4.78, 5) is 7.33. The number of anilines is 2. The van der Waals surface area contributed by atoms with Crippen LogP contribution in [0.25, 0.3) is 0 Å². The first kappa shape index (κ1) is 15.9. The summed E-state index contributed by atoms with van der Waals surface area (Å²) in [7, 11) is 1.48. The number of nitrogens with one attached hydrogen (secondary N) is 2. The Morgan fingerprint density at radius 3 is 2.58 bits per heavy atom. The van der Waals surface area contributed by atoms with Crippen LogP contribution >= 0.6 is 11.8 Å². The van der Waals surface area contributed by atoms with Crippen molar-refractivity contribution in [2.75, 3.05) is 36.2 Å². The molecule has 4 nitrogen and oxygen atoms in total. The number of hydrogen-bond acceptors (Lipinski definition) is 5. The van der Waals surface area contributed by atoms with Gasteiger partial charge >= 0.3 is 6.18 Å². The highest BCUT2D eigenvalue weighted by Gasteiger charge is 2.33. The van der Waals surface area contributed by atoms with Crippen molar-refractivity contribution in [2.24, 2.45) is 0 Å². The van der Waals surface area contributed by atoms with Crippen molar-refractivity contribution in [2.45, 2.75) is 19.0 Å². The molecule has 0 amide bonds. The highest BCUT2D eigenvalue weighted by atomic mass is 32.2. The van der Waals surface area contributed by atoms with Gasteiger partial charge in [-0.15, -0.1) is 0 Å². The fourth-order valence-electron chi connectivity index (χ4n) is 1.38. The van der Waals surface area contributed by atoms with Crippen LogP contribution in [-0.4, -0.2) is 35.6 Å². The third-order valence-corrected chi connectivity index (χ3v) is 3.02. The average molecular weight is 294 g/mol. The monoisotopic (exact) mass is 294 g/mol. The van der Waals surface area contributed by atoms with E-state index in [-0.39, 0.29) is 11.8 Å². The maximum Gasteiger partial charge on any atom is 0.433 e. The number of unbranched alkanes of at least 4 members (excludes halogenated alkanes) is 1. The van der Waals surface area contributed by atoms with E-state index in [9.17, 15) is 13.2 Å². The normalized spacial score (nSPS) is 11.4. The molecule has 1 aromatic heterocycles. The van der Waals surface area contributed by atoms with Gasteiger partial charge in [-0.1, -0.05) is 0 Å². The van der Waals surface area contributed by atoms with Crippen LogP contribution in [0, 0.1) is 0 Å². The molecule has 0 aliphatic rings. The van der Waals surface area contributed by atoms with Crippen LogP contribution in [-0.2, 0) is 6.18 Å². The quantitative estimate of drug-likeness (QED) is 0.757. The summed E-state index contributed by atoms with van der Waals surface area (Å²) in [6.45, 7) is 0.595. The largest absolute Gasteiger partial charge is 0.433 e. The Bertz CT molecular complexity index is 398. The van der Waals surface area contributed by atoms with Crippen molar-refractivity contribution in [3.63, 3.8) is 0 Å². The highest BCUT2D eigenvalue weighted by molar-refractivity contribution is 7.98. The molecule has 0 aliphatic carbocycles. The standard InChI is InChI=1S/C11H17F3N4S/c1-15-10-17-8(11(12,13)14)7-9(18-10)16-5-3-4-6-19-2/h7H,3-6H2,1-2H3,(H2,15,16,17,18). The van der Waals surface area contributed by atoms with Crippen molar-refractivity contribution < 1.29 is 13.2 Å². The predicted molar refractivity (Wildman–Crippen MR) is 72.7 cm³/mol. The van der Waals surface area contributed by atoms with Crippen LogP contribution in [0.5, 0.6) is 0 Å². The molecule has 0 bridgehead atoms. The third-order valence-electron chi connectivity index (χ3n) is 2.32. The molecule has 1 aromatic rings. The summed E-state index contributed by atoms with van der Waals surface area (Å²) >= 11 is 1.75. The zero-order chi connectivity index (χ0) is 14.3. The number of rotatable bonds is 7. The van der Waals surface area contributed by atoms with E-state index >= 15 is 0 Å². The first-order chi connectivity index (χ1) is 8.97. The molecule has 8 heteroatoms. The molecule has 1 rings (SSSR count). The fourth-order valence-corrected chi connectivity index (χ4v) is 1.88. The van der Waals surface area contributed by atoms with Gasteiger partial charge in [0.05, 0.1) is 0 Å². The second-order valence-electron chi connectivity index (χ2n) is 3.84. The van der Waals surface area contributed by atoms with Gasteiger partial charge in [-0.2, -0.15) is 29.9 Å². The smallest absolute Gasteiger partial charge is 0.370 e. The lowest BCUT2D eigenvalue weighted by atomic mass is 10.3. The van der Waals surface area contributed by atoms with E-state index in [2.05, 4.69) is 20.6 Å². The van der Waals surface area contributed by atoms with Crippen LogP contribution in [0.2, 0.25) is 0 Å². The first-order valence-electron chi connectivity index (χ1n) is 5.84. The lowest BCUT2D eigenvalue weighted by Gasteiger charge is -2.11. The zero-order valence-electron chi connectivity index (χ0n) is 10.8. The van der Waals surface area contributed by atoms with Gasteiger partial charge in [0.15, 0.2) is 5.69 Å². The number of thioether (sulfide) groups is 1. The Kier molecular flexibility index (Phi) is 6.20. The lowest BCUT2D eigenvalue weighted by molar-refractivity contribution is -0.141. The molecule has 108 valence electrons. The fraction of sp³-hybridized carbons (Fsp3) is 0.636. The van der Waals surface area contributed by atoms with Gasteiger partial charge in [0.25, 0.3) is 0 Å². The Labute approximate surface area is 114 Å². The predicted octanol–water partition coefficient (Wildman–Crippen LogP) is 3.09. The van der Waals surface area contributed by atoms with Gasteiger partial charge in [0.2, 0.25) is 5.95 Å². The molecule has 0 aromatic carbocycles. The van der Waals surface area contributed by atoms with Gasteiger partial charge in [0, 0.05) is 19.7 Å². The SMILES string of the molecule is CNc1nc(NCCCCSC)cc(C(F)(F)F)n1. The van der Waals surface area contributed by atoms with Crippen molar-refractivity contribution >= 4 is 23.5 Å². The van der Waals surface area contributed by atoms with Crippen LogP contribution in [0.15, 0.2) is 6.07 Å². The Hall–Kier alpha value is -1.18. The minimum atomic E-state index is -4.47. The summed E-state index contributed by atoms with van der Waals surface area (Å²) in [6, 6.07) is 0.926. The molecule has 0 saturated carbocycles. The molecule has 0 radical (unpaired) electrons. The summed E-state index contributed by atoms with van der Waals surface area (Å²) in [5, 5.41) is 5.42. The van der Waals surface area contributed by atoms with Crippen LogP contribution in [0.3, 0.4) is 0 Å². The van der Waals surface area contributed by atoms with E-state index in [1.807, 2.05) is 6.26 Å². The Balaban J connectivity index is 2.67. The number of nitrogens with zero attached hydrogens (tertiary/aromatic N) is 2.